The molecule has 4 rings (SSSR count). The number of furan rings is 1. The number of rotatable bonds is 13. The monoisotopic (exact) mass is 536 g/mol. The molecule has 39 heavy (non-hydrogen) atoms. The van der Waals surface area contributed by atoms with Crippen LogP contribution < -0.4 is 25.0 Å². The van der Waals surface area contributed by atoms with Gasteiger partial charge in [-0.1, -0.05) is 12.8 Å². The van der Waals surface area contributed by atoms with Crippen LogP contribution in [-0.2, 0) is 4.79 Å². The Balaban J connectivity index is 1.50. The number of hydrogen-bond donors (Lipinski definition) is 3. The molecular weight excluding hydrogens is 504 g/mol. The lowest BCUT2D eigenvalue weighted by atomic mass is 10.1. The average Bonchev–Trinajstić information content (AvgIpc) is 3.27. The first-order valence-corrected chi connectivity index (χ1v) is 12.8. The number of ether oxygens (including phenoxy) is 3. The zero-order valence-electron chi connectivity index (χ0n) is 22.2. The number of carbonyl (C=O) groups excluding carboxylic acids is 2. The maximum atomic E-state index is 12.5. The predicted octanol–water partition coefficient (Wildman–Crippen LogP) is 5.07. The third-order valence-electron chi connectivity index (χ3n) is 6.18. The number of hydrogen-bond acceptors (Lipinski definition) is 9. The zero-order chi connectivity index (χ0) is 27.8. The van der Waals surface area contributed by atoms with Crippen LogP contribution in [0.5, 0.6) is 23.1 Å². The molecule has 0 saturated heterocycles. The van der Waals surface area contributed by atoms with Crippen molar-refractivity contribution in [1.29, 1.82) is 0 Å². The second-order valence-electron chi connectivity index (χ2n) is 8.90. The van der Waals surface area contributed by atoms with Crippen LogP contribution in [0.2, 0.25) is 0 Å². The smallest absolute Gasteiger partial charge is 0.255 e. The third kappa shape index (κ3) is 6.55. The summed E-state index contributed by atoms with van der Waals surface area (Å²) in [6.45, 7) is 4.60. The Bertz CT molecular complexity index is 1470. The number of nitrogens with one attached hydrogen (secondary N) is 2. The van der Waals surface area contributed by atoms with E-state index >= 15 is 0 Å². The van der Waals surface area contributed by atoms with Crippen molar-refractivity contribution in [2.24, 2.45) is 0 Å². The molecular formula is C28H32N4O7. The molecule has 0 unspecified atom stereocenters. The summed E-state index contributed by atoms with van der Waals surface area (Å²) in [6.07, 6.45) is 4.92. The number of fused-ring (bicyclic) bond motifs is 2. The summed E-state index contributed by atoms with van der Waals surface area (Å²) in [5, 5.41) is 12.7. The van der Waals surface area contributed by atoms with Crippen LogP contribution in [-0.4, -0.2) is 47.3 Å². The fraction of sp³-hybridized carbons (Fsp3) is 0.357. The van der Waals surface area contributed by atoms with Gasteiger partial charge in [0.2, 0.25) is 11.8 Å². The molecule has 0 aliphatic carbocycles. The number of carbonyl (C=O) groups is 2. The first-order valence-electron chi connectivity index (χ1n) is 12.8. The second kappa shape index (κ2) is 12.9. The summed E-state index contributed by atoms with van der Waals surface area (Å²) >= 11 is 0. The highest BCUT2D eigenvalue weighted by Crippen LogP contribution is 2.37. The molecule has 2 aromatic carbocycles. The summed E-state index contributed by atoms with van der Waals surface area (Å²) in [5.74, 6) is 1.87. The molecule has 2 heterocycles. The summed E-state index contributed by atoms with van der Waals surface area (Å²) in [7, 11) is 1.56. The number of hydroxylamine groups is 1. The fourth-order valence-electron chi connectivity index (χ4n) is 4.28. The van der Waals surface area contributed by atoms with E-state index in [0.29, 0.717) is 82.3 Å². The van der Waals surface area contributed by atoms with E-state index in [2.05, 4.69) is 15.3 Å². The second-order valence-corrected chi connectivity index (χ2v) is 8.90. The normalized spacial score (nSPS) is 11.0. The molecule has 11 heteroatoms. The van der Waals surface area contributed by atoms with Gasteiger partial charge >= 0.3 is 0 Å². The van der Waals surface area contributed by atoms with Gasteiger partial charge in [0.1, 0.15) is 23.4 Å². The van der Waals surface area contributed by atoms with Crippen molar-refractivity contribution in [2.45, 2.75) is 46.0 Å². The summed E-state index contributed by atoms with van der Waals surface area (Å²) in [5.41, 5.74) is 3.31. The molecule has 0 atom stereocenters. The van der Waals surface area contributed by atoms with Gasteiger partial charge in [0, 0.05) is 30.5 Å². The highest BCUT2D eigenvalue weighted by Gasteiger charge is 2.19. The largest absolute Gasteiger partial charge is 0.493 e. The Labute approximate surface area is 225 Å². The molecule has 2 amide bonds. The van der Waals surface area contributed by atoms with E-state index in [1.165, 1.54) is 6.33 Å². The molecule has 0 aliphatic rings. The lowest BCUT2D eigenvalue weighted by Gasteiger charge is -2.13. The van der Waals surface area contributed by atoms with Gasteiger partial charge in [-0.25, -0.2) is 15.4 Å². The number of aromatic nitrogens is 2. The molecule has 206 valence electrons. The first-order chi connectivity index (χ1) is 18.9. The Morgan fingerprint density at radius 3 is 2.62 bits per heavy atom. The summed E-state index contributed by atoms with van der Waals surface area (Å²) in [6, 6.07) is 8.84. The van der Waals surface area contributed by atoms with E-state index in [4.69, 9.17) is 23.8 Å². The molecule has 0 fully saturated rings. The van der Waals surface area contributed by atoms with Crippen molar-refractivity contribution in [2.75, 3.05) is 20.3 Å². The van der Waals surface area contributed by atoms with Crippen LogP contribution >= 0.6 is 0 Å². The Morgan fingerprint density at radius 2 is 1.85 bits per heavy atom. The summed E-state index contributed by atoms with van der Waals surface area (Å²) in [4.78, 5) is 32.2. The SMILES string of the molecule is CCNC(=O)c1c(C)oc2cc(Oc3ncnc4cc(OC)c(OCCCCCCC(=O)NO)cc34)ccc12. The zero-order valence-corrected chi connectivity index (χ0v) is 22.2. The average molecular weight is 537 g/mol. The number of methoxy groups -OCH3 is 1. The number of amides is 2. The highest BCUT2D eigenvalue weighted by atomic mass is 16.5. The third-order valence-corrected chi connectivity index (χ3v) is 6.18. The van der Waals surface area contributed by atoms with E-state index in [1.54, 1.807) is 49.8 Å². The minimum absolute atomic E-state index is 0.181. The molecule has 0 aliphatic heterocycles. The standard InChI is InChI=1S/C28H32N4O7/c1-4-29-27(34)26-17(2)38-22-13-18(10-11-19(22)26)39-28-20-14-24(23(36-3)15-21(20)30-16-31-28)37-12-8-6-5-7-9-25(33)32-35/h10-11,13-16,35H,4-9,12H2,1-3H3,(H,29,34)(H,32,33). The van der Waals surface area contributed by atoms with Crippen molar-refractivity contribution in [1.82, 2.24) is 20.8 Å². The topological polar surface area (TPSA) is 145 Å². The maximum Gasteiger partial charge on any atom is 0.255 e. The molecule has 3 N–H and O–H groups in total. The van der Waals surface area contributed by atoms with Crippen molar-refractivity contribution < 1.29 is 33.4 Å². The Hall–Kier alpha value is -4.38. The predicted molar refractivity (Wildman–Crippen MR) is 144 cm³/mol. The fourth-order valence-corrected chi connectivity index (χ4v) is 4.28. The maximum absolute atomic E-state index is 12.5. The van der Waals surface area contributed by atoms with Gasteiger partial charge in [-0.15, -0.1) is 0 Å². The molecule has 0 spiro atoms. The van der Waals surface area contributed by atoms with Gasteiger partial charge in [0.15, 0.2) is 11.5 Å². The van der Waals surface area contributed by atoms with Gasteiger partial charge in [0.25, 0.3) is 5.91 Å². The van der Waals surface area contributed by atoms with Crippen molar-refractivity contribution in [3.8, 4) is 23.1 Å². The van der Waals surface area contributed by atoms with Crippen LogP contribution in [0.15, 0.2) is 41.1 Å². The van der Waals surface area contributed by atoms with Crippen LogP contribution in [0.3, 0.4) is 0 Å². The van der Waals surface area contributed by atoms with Gasteiger partial charge in [-0.3, -0.25) is 14.8 Å². The quantitative estimate of drug-likeness (QED) is 0.121. The lowest BCUT2D eigenvalue weighted by molar-refractivity contribution is -0.129. The van der Waals surface area contributed by atoms with E-state index in [1.807, 2.05) is 6.92 Å². The van der Waals surface area contributed by atoms with E-state index in [-0.39, 0.29) is 11.8 Å². The Kier molecular flexibility index (Phi) is 9.16. The molecule has 11 nitrogen and oxygen atoms in total. The Morgan fingerprint density at radius 1 is 1.03 bits per heavy atom. The first kappa shape index (κ1) is 27.6. The lowest BCUT2D eigenvalue weighted by Crippen LogP contribution is -2.22. The van der Waals surface area contributed by atoms with Crippen LogP contribution in [0.4, 0.5) is 0 Å². The molecule has 2 aromatic heterocycles. The van der Waals surface area contributed by atoms with Crippen LogP contribution in [0.1, 0.15) is 55.1 Å². The van der Waals surface area contributed by atoms with Crippen molar-refractivity contribution in [3.63, 3.8) is 0 Å². The van der Waals surface area contributed by atoms with Gasteiger partial charge in [-0.05, 0) is 44.9 Å². The van der Waals surface area contributed by atoms with Crippen molar-refractivity contribution in [3.05, 3.63) is 48.0 Å². The van der Waals surface area contributed by atoms with E-state index < -0.39 is 0 Å². The number of unbranched alkanes of at least 4 members (excludes halogenated alkanes) is 3. The molecule has 4 aromatic rings. The number of benzene rings is 2. The number of aryl methyl sites for hydroxylation is 1. The van der Waals surface area contributed by atoms with E-state index in [0.717, 1.165) is 19.3 Å². The highest BCUT2D eigenvalue weighted by molar-refractivity contribution is 6.07. The molecule has 0 bridgehead atoms. The van der Waals surface area contributed by atoms with Crippen LogP contribution in [0.25, 0.3) is 21.9 Å². The minimum Gasteiger partial charge on any atom is -0.493 e. The van der Waals surface area contributed by atoms with Gasteiger partial charge in [0.05, 0.1) is 30.2 Å². The van der Waals surface area contributed by atoms with Crippen molar-refractivity contribution >= 4 is 33.7 Å². The number of nitrogens with zero attached hydrogens (tertiary/aromatic N) is 2. The molecule has 0 saturated carbocycles. The van der Waals surface area contributed by atoms with Gasteiger partial charge < -0.3 is 23.9 Å². The van der Waals surface area contributed by atoms with E-state index in [9.17, 15) is 9.59 Å². The van der Waals surface area contributed by atoms with Gasteiger partial charge in [-0.2, -0.15) is 0 Å². The van der Waals surface area contributed by atoms with Crippen LogP contribution in [0, 0.1) is 6.92 Å². The molecule has 0 radical (unpaired) electrons. The minimum atomic E-state index is -0.379. The summed E-state index contributed by atoms with van der Waals surface area (Å²) < 4.78 is 23.5.